The topological polar surface area (TPSA) is 78.9 Å². The Morgan fingerprint density at radius 3 is 2.24 bits per heavy atom. The van der Waals surface area contributed by atoms with Crippen molar-refractivity contribution in [2.45, 2.75) is 25.4 Å². The first-order chi connectivity index (χ1) is 16.5. The van der Waals surface area contributed by atoms with Crippen LogP contribution < -0.4 is 10.1 Å². The molecular formula is C27H29ClN2O4. The number of ether oxygens (including phenoxy) is 1. The van der Waals surface area contributed by atoms with Gasteiger partial charge in [-0.15, -0.1) is 0 Å². The largest absolute Gasteiger partial charge is 0.497 e. The molecule has 0 aliphatic carbocycles. The zero-order valence-electron chi connectivity index (χ0n) is 19.1. The average molecular weight is 481 g/mol. The van der Waals surface area contributed by atoms with Crippen molar-refractivity contribution in [1.82, 2.24) is 10.2 Å². The van der Waals surface area contributed by atoms with Crippen LogP contribution in [0.1, 0.15) is 29.2 Å². The zero-order valence-corrected chi connectivity index (χ0v) is 19.9. The second-order valence-electron chi connectivity index (χ2n) is 7.85. The summed E-state index contributed by atoms with van der Waals surface area (Å²) in [6.45, 7) is 0.533. The Morgan fingerprint density at radius 1 is 0.971 bits per heavy atom. The Bertz CT molecular complexity index is 1060. The van der Waals surface area contributed by atoms with Gasteiger partial charge in [0.25, 0.3) is 0 Å². The van der Waals surface area contributed by atoms with Crippen LogP contribution in [-0.2, 0) is 22.6 Å². The minimum Gasteiger partial charge on any atom is -0.497 e. The molecule has 3 aromatic carbocycles. The third-order valence-electron chi connectivity index (χ3n) is 5.41. The molecule has 0 spiro atoms. The molecule has 0 saturated heterocycles. The van der Waals surface area contributed by atoms with Crippen LogP contribution in [0.3, 0.4) is 0 Å². The molecule has 3 aromatic rings. The quantitative estimate of drug-likeness (QED) is 0.404. The molecule has 0 fully saturated rings. The van der Waals surface area contributed by atoms with E-state index in [1.165, 1.54) is 0 Å². The third-order valence-corrected chi connectivity index (χ3v) is 5.66. The van der Waals surface area contributed by atoms with Crippen LogP contribution in [0.25, 0.3) is 0 Å². The van der Waals surface area contributed by atoms with E-state index in [1.807, 2.05) is 66.7 Å². The smallest absolute Gasteiger partial charge is 0.247 e. The number of nitrogens with zero attached hydrogens (tertiary/aromatic N) is 1. The lowest BCUT2D eigenvalue weighted by Crippen LogP contribution is -2.44. The van der Waals surface area contributed by atoms with Gasteiger partial charge in [0.15, 0.2) is 0 Å². The normalized spacial score (nSPS) is 11.5. The first-order valence-electron chi connectivity index (χ1n) is 11.1. The lowest BCUT2D eigenvalue weighted by molar-refractivity contribution is -0.141. The molecule has 34 heavy (non-hydrogen) atoms. The van der Waals surface area contributed by atoms with Crippen LogP contribution in [0.5, 0.6) is 5.75 Å². The van der Waals surface area contributed by atoms with Gasteiger partial charge in [0, 0.05) is 24.7 Å². The molecule has 0 aliphatic rings. The standard InChI is InChI=1S/C27H29ClN2O4/c1-34-24-14-10-21(11-15-24)19-30(25(32)18-20-8-12-23(28)13-9-20)26(22-6-3-2-4-7-22)27(33)29-16-5-17-31/h2-4,6-15,26,31H,5,16-19H2,1H3,(H,29,33). The molecule has 3 rings (SSSR count). The molecule has 0 radical (unpaired) electrons. The van der Waals surface area contributed by atoms with E-state index in [9.17, 15) is 9.59 Å². The van der Waals surface area contributed by atoms with Crippen molar-refractivity contribution in [2.24, 2.45) is 0 Å². The first-order valence-corrected chi connectivity index (χ1v) is 11.5. The molecule has 0 saturated carbocycles. The van der Waals surface area contributed by atoms with E-state index < -0.39 is 6.04 Å². The Balaban J connectivity index is 1.96. The van der Waals surface area contributed by atoms with Gasteiger partial charge in [0.05, 0.1) is 13.5 Å². The summed E-state index contributed by atoms with van der Waals surface area (Å²) >= 11 is 6.00. The highest BCUT2D eigenvalue weighted by molar-refractivity contribution is 6.30. The number of rotatable bonds is 11. The predicted molar refractivity (Wildman–Crippen MR) is 133 cm³/mol. The number of methoxy groups -OCH3 is 1. The Labute approximate surface area is 205 Å². The molecule has 178 valence electrons. The molecule has 0 aliphatic heterocycles. The number of hydrogen-bond donors (Lipinski definition) is 2. The maximum absolute atomic E-state index is 13.6. The van der Waals surface area contributed by atoms with Crippen LogP contribution in [0.15, 0.2) is 78.9 Å². The lowest BCUT2D eigenvalue weighted by atomic mass is 10.0. The number of nitrogens with one attached hydrogen (secondary N) is 1. The molecule has 6 nitrogen and oxygen atoms in total. The summed E-state index contributed by atoms with van der Waals surface area (Å²) in [5.74, 6) is 0.228. The fourth-order valence-corrected chi connectivity index (χ4v) is 3.75. The number of carbonyl (C=O) groups is 2. The average Bonchev–Trinajstić information content (AvgIpc) is 2.86. The minimum atomic E-state index is -0.832. The van der Waals surface area contributed by atoms with Gasteiger partial charge in [-0.3, -0.25) is 9.59 Å². The van der Waals surface area contributed by atoms with Gasteiger partial charge < -0.3 is 20.1 Å². The van der Waals surface area contributed by atoms with Gasteiger partial charge in [-0.2, -0.15) is 0 Å². The molecule has 2 N–H and O–H groups in total. The molecule has 0 aromatic heterocycles. The first kappa shape index (κ1) is 25.3. The van der Waals surface area contributed by atoms with Gasteiger partial charge in [0.1, 0.15) is 11.8 Å². The number of aliphatic hydroxyl groups excluding tert-OH is 1. The van der Waals surface area contributed by atoms with Crippen molar-refractivity contribution in [3.63, 3.8) is 0 Å². The van der Waals surface area contributed by atoms with Crippen LogP contribution >= 0.6 is 11.6 Å². The van der Waals surface area contributed by atoms with Gasteiger partial charge >= 0.3 is 0 Å². The van der Waals surface area contributed by atoms with Gasteiger partial charge in [-0.05, 0) is 47.4 Å². The molecule has 1 atom stereocenters. The van der Waals surface area contributed by atoms with Crippen molar-refractivity contribution < 1.29 is 19.4 Å². The molecule has 2 amide bonds. The van der Waals surface area contributed by atoms with E-state index in [-0.39, 0.29) is 31.4 Å². The summed E-state index contributed by atoms with van der Waals surface area (Å²) < 4.78 is 5.24. The van der Waals surface area contributed by atoms with Crippen molar-refractivity contribution in [3.05, 3.63) is 101 Å². The van der Waals surface area contributed by atoms with Crippen molar-refractivity contribution >= 4 is 23.4 Å². The maximum atomic E-state index is 13.6. The summed E-state index contributed by atoms with van der Waals surface area (Å²) in [7, 11) is 1.60. The summed E-state index contributed by atoms with van der Waals surface area (Å²) in [5, 5.41) is 12.6. The molecule has 1 unspecified atom stereocenters. The minimum absolute atomic E-state index is 0.0264. The van der Waals surface area contributed by atoms with Crippen LogP contribution in [0.4, 0.5) is 0 Å². The summed E-state index contributed by atoms with van der Waals surface area (Å²) in [6.07, 6.45) is 0.561. The predicted octanol–water partition coefficient (Wildman–Crippen LogP) is 4.16. The number of benzene rings is 3. The summed E-state index contributed by atoms with van der Waals surface area (Å²) in [5.41, 5.74) is 2.39. The number of amides is 2. The van der Waals surface area contributed by atoms with Crippen LogP contribution in [0.2, 0.25) is 5.02 Å². The SMILES string of the molecule is COc1ccc(CN(C(=O)Cc2ccc(Cl)cc2)C(C(=O)NCCCO)c2ccccc2)cc1. The Hall–Kier alpha value is -3.35. The van der Waals surface area contributed by atoms with E-state index in [0.29, 0.717) is 29.3 Å². The Kier molecular flexibility index (Phi) is 9.50. The molecule has 0 bridgehead atoms. The summed E-state index contributed by atoms with van der Waals surface area (Å²) in [4.78, 5) is 28.5. The van der Waals surface area contributed by atoms with E-state index in [2.05, 4.69) is 5.32 Å². The molecule has 0 heterocycles. The highest BCUT2D eigenvalue weighted by Gasteiger charge is 2.31. The van der Waals surface area contributed by atoms with Crippen molar-refractivity contribution in [3.8, 4) is 5.75 Å². The van der Waals surface area contributed by atoms with Crippen LogP contribution in [-0.4, -0.2) is 42.1 Å². The van der Waals surface area contributed by atoms with Gasteiger partial charge in [-0.25, -0.2) is 0 Å². The summed E-state index contributed by atoms with van der Waals surface area (Å²) in [6, 6.07) is 22.9. The molecule has 7 heteroatoms. The third kappa shape index (κ3) is 7.07. The zero-order chi connectivity index (χ0) is 24.3. The van der Waals surface area contributed by atoms with Crippen LogP contribution in [0, 0.1) is 0 Å². The lowest BCUT2D eigenvalue weighted by Gasteiger charge is -2.32. The number of hydrogen-bond acceptors (Lipinski definition) is 4. The van der Waals surface area contributed by atoms with Crippen molar-refractivity contribution in [1.29, 1.82) is 0 Å². The van der Waals surface area contributed by atoms with E-state index in [1.54, 1.807) is 24.1 Å². The number of aliphatic hydroxyl groups is 1. The Morgan fingerprint density at radius 2 is 1.62 bits per heavy atom. The van der Waals surface area contributed by atoms with E-state index in [4.69, 9.17) is 21.4 Å². The molecular weight excluding hydrogens is 452 g/mol. The van der Waals surface area contributed by atoms with Gasteiger partial charge in [0.2, 0.25) is 11.8 Å². The van der Waals surface area contributed by atoms with Crippen molar-refractivity contribution in [2.75, 3.05) is 20.3 Å². The van der Waals surface area contributed by atoms with E-state index >= 15 is 0 Å². The fraction of sp³-hybridized carbons (Fsp3) is 0.259. The fourth-order valence-electron chi connectivity index (χ4n) is 3.63. The van der Waals surface area contributed by atoms with E-state index in [0.717, 1.165) is 11.1 Å². The second kappa shape index (κ2) is 12.8. The van der Waals surface area contributed by atoms with Gasteiger partial charge in [-0.1, -0.05) is 66.2 Å². The number of halogens is 1. The second-order valence-corrected chi connectivity index (χ2v) is 8.29. The maximum Gasteiger partial charge on any atom is 0.247 e. The highest BCUT2D eigenvalue weighted by atomic mass is 35.5. The highest BCUT2D eigenvalue weighted by Crippen LogP contribution is 2.26. The number of carbonyl (C=O) groups excluding carboxylic acids is 2. The monoisotopic (exact) mass is 480 g/mol.